The molecule has 0 fully saturated rings. The van der Waals surface area contributed by atoms with Crippen LogP contribution in [0.15, 0.2) is 28.8 Å². The van der Waals surface area contributed by atoms with Gasteiger partial charge in [0.15, 0.2) is 5.76 Å². The fourth-order valence-electron chi connectivity index (χ4n) is 2.45. The monoisotopic (exact) mass is 331 g/mol. The van der Waals surface area contributed by atoms with Crippen LogP contribution in [0.25, 0.3) is 11.3 Å². The van der Waals surface area contributed by atoms with Gasteiger partial charge in [0.25, 0.3) is 6.01 Å². The Labute approximate surface area is 140 Å². The summed E-state index contributed by atoms with van der Waals surface area (Å²) in [6.07, 6.45) is 1.22. The molecule has 0 aliphatic carbocycles. The number of amides is 1. The fraction of sp³-hybridized carbons (Fsp3) is 0.412. The third-order valence-electron chi connectivity index (χ3n) is 3.50. The maximum Gasteiger partial charge on any atom is 0.410 e. The van der Waals surface area contributed by atoms with Crippen LogP contribution in [-0.4, -0.2) is 34.7 Å². The van der Waals surface area contributed by atoms with Crippen molar-refractivity contribution in [2.45, 2.75) is 32.9 Å². The van der Waals surface area contributed by atoms with Crippen molar-refractivity contribution < 1.29 is 18.7 Å². The van der Waals surface area contributed by atoms with E-state index in [2.05, 4.69) is 4.98 Å². The van der Waals surface area contributed by atoms with Gasteiger partial charge in [0.1, 0.15) is 18.0 Å². The zero-order valence-corrected chi connectivity index (χ0v) is 14.0. The number of nitrogens with two attached hydrogens (primary N) is 1. The topological polar surface area (TPSA) is 90.8 Å². The minimum Gasteiger partial charge on any atom is -0.491 e. The lowest BCUT2D eigenvalue weighted by atomic mass is 10.1. The van der Waals surface area contributed by atoms with Crippen molar-refractivity contribution in [2.75, 3.05) is 18.9 Å². The van der Waals surface area contributed by atoms with E-state index in [0.717, 1.165) is 16.9 Å². The maximum atomic E-state index is 12.3. The predicted octanol–water partition coefficient (Wildman–Crippen LogP) is 3.05. The van der Waals surface area contributed by atoms with Crippen LogP contribution >= 0.6 is 0 Å². The van der Waals surface area contributed by atoms with Crippen molar-refractivity contribution in [3.05, 3.63) is 30.0 Å². The number of hydrogen-bond donors (Lipinski definition) is 1. The number of anilines is 1. The SMILES string of the molecule is CC(C)(C)OC(=O)N1CCOc2ccc(-c3cnc(N)o3)cc2C1. The van der Waals surface area contributed by atoms with Crippen LogP contribution in [0.1, 0.15) is 26.3 Å². The Kier molecular flexibility index (Phi) is 4.09. The normalized spacial score (nSPS) is 14.5. The Hall–Kier alpha value is -2.70. The molecule has 0 saturated heterocycles. The third-order valence-corrected chi connectivity index (χ3v) is 3.50. The highest BCUT2D eigenvalue weighted by atomic mass is 16.6. The van der Waals surface area contributed by atoms with Crippen LogP contribution in [-0.2, 0) is 11.3 Å². The fourth-order valence-corrected chi connectivity index (χ4v) is 2.45. The summed E-state index contributed by atoms with van der Waals surface area (Å²) >= 11 is 0. The number of carbonyl (C=O) groups is 1. The molecule has 1 aromatic carbocycles. The molecule has 24 heavy (non-hydrogen) atoms. The van der Waals surface area contributed by atoms with E-state index in [-0.39, 0.29) is 12.1 Å². The lowest BCUT2D eigenvalue weighted by molar-refractivity contribution is 0.0225. The van der Waals surface area contributed by atoms with E-state index in [0.29, 0.717) is 25.5 Å². The zero-order valence-electron chi connectivity index (χ0n) is 14.0. The van der Waals surface area contributed by atoms with E-state index in [1.807, 2.05) is 39.0 Å². The molecule has 2 aromatic rings. The summed E-state index contributed by atoms with van der Waals surface area (Å²) in [4.78, 5) is 17.9. The zero-order chi connectivity index (χ0) is 17.3. The summed E-state index contributed by atoms with van der Waals surface area (Å²) in [5.41, 5.74) is 6.70. The Morgan fingerprint density at radius 1 is 1.38 bits per heavy atom. The molecule has 128 valence electrons. The molecule has 7 heteroatoms. The van der Waals surface area contributed by atoms with E-state index < -0.39 is 5.60 Å². The van der Waals surface area contributed by atoms with Gasteiger partial charge in [-0.1, -0.05) is 0 Å². The van der Waals surface area contributed by atoms with Gasteiger partial charge in [0.2, 0.25) is 0 Å². The number of benzene rings is 1. The molecular formula is C17H21N3O4. The van der Waals surface area contributed by atoms with Gasteiger partial charge in [0, 0.05) is 11.1 Å². The standard InChI is InChI=1S/C17H21N3O4/c1-17(2,3)24-16(21)20-6-7-22-13-5-4-11(8-12(13)10-20)14-9-19-15(18)23-14/h4-5,8-9H,6-7,10H2,1-3H3,(H2,18,19). The lowest BCUT2D eigenvalue weighted by Crippen LogP contribution is -2.37. The van der Waals surface area contributed by atoms with Crippen molar-refractivity contribution >= 4 is 12.1 Å². The van der Waals surface area contributed by atoms with Crippen molar-refractivity contribution in [3.63, 3.8) is 0 Å². The molecule has 3 rings (SSSR count). The van der Waals surface area contributed by atoms with E-state index in [1.165, 1.54) is 0 Å². The van der Waals surface area contributed by atoms with Gasteiger partial charge in [-0.2, -0.15) is 0 Å². The summed E-state index contributed by atoms with van der Waals surface area (Å²) in [6, 6.07) is 5.77. The summed E-state index contributed by atoms with van der Waals surface area (Å²) in [6.45, 7) is 6.83. The van der Waals surface area contributed by atoms with Gasteiger partial charge < -0.3 is 24.5 Å². The largest absolute Gasteiger partial charge is 0.491 e. The number of hydrogen-bond acceptors (Lipinski definition) is 6. The Morgan fingerprint density at radius 3 is 2.83 bits per heavy atom. The average Bonchev–Trinajstić information content (AvgIpc) is 2.80. The highest BCUT2D eigenvalue weighted by Crippen LogP contribution is 2.30. The first-order chi connectivity index (χ1) is 11.3. The molecule has 2 N–H and O–H groups in total. The molecule has 1 amide bonds. The quantitative estimate of drug-likeness (QED) is 0.863. The van der Waals surface area contributed by atoms with E-state index in [4.69, 9.17) is 19.6 Å². The van der Waals surface area contributed by atoms with Crippen LogP contribution in [0.3, 0.4) is 0 Å². The van der Waals surface area contributed by atoms with Crippen LogP contribution in [0.4, 0.5) is 10.8 Å². The summed E-state index contributed by atoms with van der Waals surface area (Å²) in [5.74, 6) is 1.32. The number of oxazole rings is 1. The second-order valence-corrected chi connectivity index (χ2v) is 6.64. The first-order valence-corrected chi connectivity index (χ1v) is 7.77. The molecule has 7 nitrogen and oxygen atoms in total. The van der Waals surface area contributed by atoms with Crippen molar-refractivity contribution in [3.8, 4) is 17.1 Å². The predicted molar refractivity (Wildman–Crippen MR) is 88.5 cm³/mol. The molecule has 2 heterocycles. The second-order valence-electron chi connectivity index (χ2n) is 6.64. The summed E-state index contributed by atoms with van der Waals surface area (Å²) < 4.78 is 16.5. The van der Waals surface area contributed by atoms with E-state index in [9.17, 15) is 4.79 Å². The van der Waals surface area contributed by atoms with Crippen LogP contribution in [0.2, 0.25) is 0 Å². The number of nitrogen functional groups attached to an aromatic ring is 1. The lowest BCUT2D eigenvalue weighted by Gasteiger charge is -2.26. The number of aromatic nitrogens is 1. The molecule has 0 atom stereocenters. The average molecular weight is 331 g/mol. The van der Waals surface area contributed by atoms with Crippen molar-refractivity contribution in [2.24, 2.45) is 0 Å². The molecule has 1 aromatic heterocycles. The number of fused-ring (bicyclic) bond motifs is 1. The first kappa shape index (κ1) is 16.2. The molecule has 0 radical (unpaired) electrons. The molecule has 0 spiro atoms. The minimum atomic E-state index is -0.535. The summed E-state index contributed by atoms with van der Waals surface area (Å²) in [7, 11) is 0. The van der Waals surface area contributed by atoms with Gasteiger partial charge in [-0.15, -0.1) is 0 Å². The molecule has 1 aliphatic rings. The third kappa shape index (κ3) is 3.61. The van der Waals surface area contributed by atoms with Crippen LogP contribution in [0.5, 0.6) is 5.75 Å². The highest BCUT2D eigenvalue weighted by molar-refractivity contribution is 5.69. The minimum absolute atomic E-state index is 0.117. The van der Waals surface area contributed by atoms with Gasteiger partial charge >= 0.3 is 6.09 Å². The van der Waals surface area contributed by atoms with Crippen LogP contribution in [0, 0.1) is 0 Å². The maximum absolute atomic E-state index is 12.3. The smallest absolute Gasteiger partial charge is 0.410 e. The van der Waals surface area contributed by atoms with Gasteiger partial charge in [0.05, 0.1) is 19.3 Å². The second kappa shape index (κ2) is 6.07. The Morgan fingerprint density at radius 2 is 2.17 bits per heavy atom. The highest BCUT2D eigenvalue weighted by Gasteiger charge is 2.25. The van der Waals surface area contributed by atoms with E-state index >= 15 is 0 Å². The summed E-state index contributed by atoms with van der Waals surface area (Å²) in [5, 5.41) is 0. The Balaban J connectivity index is 1.85. The van der Waals surface area contributed by atoms with Gasteiger partial charge in [-0.25, -0.2) is 9.78 Å². The van der Waals surface area contributed by atoms with Crippen LogP contribution < -0.4 is 10.5 Å². The van der Waals surface area contributed by atoms with Crippen molar-refractivity contribution in [1.82, 2.24) is 9.88 Å². The number of nitrogens with zero attached hydrogens (tertiary/aromatic N) is 2. The van der Waals surface area contributed by atoms with Gasteiger partial charge in [-0.05, 0) is 39.0 Å². The molecule has 0 saturated carbocycles. The van der Waals surface area contributed by atoms with Gasteiger partial charge in [-0.3, -0.25) is 0 Å². The number of ether oxygens (including phenoxy) is 2. The number of carbonyl (C=O) groups excluding carboxylic acids is 1. The molecular weight excluding hydrogens is 310 g/mol. The molecule has 1 aliphatic heterocycles. The van der Waals surface area contributed by atoms with E-state index in [1.54, 1.807) is 11.1 Å². The number of rotatable bonds is 1. The Bertz CT molecular complexity index is 749. The molecule has 0 unspecified atom stereocenters. The van der Waals surface area contributed by atoms with Crippen molar-refractivity contribution in [1.29, 1.82) is 0 Å². The molecule has 0 bridgehead atoms. The first-order valence-electron chi connectivity index (χ1n) is 7.77.